The Labute approximate surface area is 120 Å². The standard InChI is InChI=1S/C16H23N3O/c1-19(2)13-5-3-12(4-6-13)18-15(20)14-11-16(14)7-9-17-10-8-16/h3-6,14,17H,7-11H2,1-2H3,(H,18,20). The number of piperidine rings is 1. The lowest BCUT2D eigenvalue weighted by molar-refractivity contribution is -0.118. The molecule has 2 fully saturated rings. The highest BCUT2D eigenvalue weighted by molar-refractivity contribution is 5.95. The van der Waals surface area contributed by atoms with Gasteiger partial charge in [-0.3, -0.25) is 4.79 Å². The van der Waals surface area contributed by atoms with Crippen LogP contribution in [0.25, 0.3) is 0 Å². The summed E-state index contributed by atoms with van der Waals surface area (Å²) in [5, 5.41) is 6.43. The fraction of sp³-hybridized carbons (Fsp3) is 0.562. The molecule has 1 atom stereocenters. The molecule has 1 aromatic carbocycles. The molecule has 4 nitrogen and oxygen atoms in total. The molecule has 2 N–H and O–H groups in total. The molecular formula is C16H23N3O. The Morgan fingerprint density at radius 1 is 1.25 bits per heavy atom. The molecule has 1 spiro atoms. The summed E-state index contributed by atoms with van der Waals surface area (Å²) >= 11 is 0. The molecule has 1 aliphatic heterocycles. The van der Waals surface area contributed by atoms with E-state index < -0.39 is 0 Å². The Kier molecular flexibility index (Phi) is 3.42. The van der Waals surface area contributed by atoms with Crippen molar-refractivity contribution >= 4 is 17.3 Å². The summed E-state index contributed by atoms with van der Waals surface area (Å²) in [7, 11) is 4.03. The second kappa shape index (κ2) is 5.09. The van der Waals surface area contributed by atoms with Crippen molar-refractivity contribution in [1.82, 2.24) is 5.32 Å². The maximum absolute atomic E-state index is 12.3. The van der Waals surface area contributed by atoms with Gasteiger partial charge in [0.15, 0.2) is 0 Å². The lowest BCUT2D eigenvalue weighted by Crippen LogP contribution is -2.31. The third kappa shape index (κ3) is 2.52. The number of nitrogens with zero attached hydrogens (tertiary/aromatic N) is 1. The molecule has 1 unspecified atom stereocenters. The van der Waals surface area contributed by atoms with Crippen LogP contribution in [-0.2, 0) is 4.79 Å². The summed E-state index contributed by atoms with van der Waals surface area (Å²) < 4.78 is 0. The number of carbonyl (C=O) groups excluding carboxylic acids is 1. The van der Waals surface area contributed by atoms with Crippen LogP contribution in [0.1, 0.15) is 19.3 Å². The zero-order chi connectivity index (χ0) is 14.2. The highest BCUT2D eigenvalue weighted by Gasteiger charge is 2.57. The van der Waals surface area contributed by atoms with Gasteiger partial charge in [-0.15, -0.1) is 0 Å². The number of hydrogen-bond acceptors (Lipinski definition) is 3. The maximum atomic E-state index is 12.3. The molecule has 1 saturated carbocycles. The van der Waals surface area contributed by atoms with E-state index in [9.17, 15) is 4.79 Å². The first-order chi connectivity index (χ1) is 9.61. The first-order valence-corrected chi connectivity index (χ1v) is 7.40. The van der Waals surface area contributed by atoms with Gasteiger partial charge >= 0.3 is 0 Å². The van der Waals surface area contributed by atoms with Crippen LogP contribution in [0.3, 0.4) is 0 Å². The van der Waals surface area contributed by atoms with Crippen LogP contribution >= 0.6 is 0 Å². The van der Waals surface area contributed by atoms with Crippen molar-refractivity contribution in [3.8, 4) is 0 Å². The molecule has 0 bridgehead atoms. The van der Waals surface area contributed by atoms with Crippen LogP contribution in [0.4, 0.5) is 11.4 Å². The molecule has 1 amide bonds. The van der Waals surface area contributed by atoms with E-state index in [1.54, 1.807) is 0 Å². The van der Waals surface area contributed by atoms with Crippen LogP contribution in [0.5, 0.6) is 0 Å². The zero-order valence-corrected chi connectivity index (χ0v) is 12.3. The van der Waals surface area contributed by atoms with Crippen LogP contribution in [-0.4, -0.2) is 33.1 Å². The molecule has 1 aliphatic carbocycles. The largest absolute Gasteiger partial charge is 0.378 e. The minimum Gasteiger partial charge on any atom is -0.378 e. The lowest BCUT2D eigenvalue weighted by Gasteiger charge is -2.23. The Morgan fingerprint density at radius 3 is 2.50 bits per heavy atom. The van der Waals surface area contributed by atoms with E-state index in [1.165, 1.54) is 0 Å². The van der Waals surface area contributed by atoms with E-state index >= 15 is 0 Å². The van der Waals surface area contributed by atoms with E-state index in [-0.39, 0.29) is 11.8 Å². The summed E-state index contributed by atoms with van der Waals surface area (Å²) in [5.41, 5.74) is 2.35. The van der Waals surface area contributed by atoms with Gasteiger partial charge in [0.1, 0.15) is 0 Å². The summed E-state index contributed by atoms with van der Waals surface area (Å²) in [6.07, 6.45) is 3.35. The van der Waals surface area contributed by atoms with Crippen molar-refractivity contribution in [3.05, 3.63) is 24.3 Å². The molecule has 1 heterocycles. The monoisotopic (exact) mass is 273 g/mol. The van der Waals surface area contributed by atoms with Crippen LogP contribution in [0.15, 0.2) is 24.3 Å². The Bertz CT molecular complexity index is 489. The number of amides is 1. The van der Waals surface area contributed by atoms with Gasteiger partial charge in [0.05, 0.1) is 0 Å². The van der Waals surface area contributed by atoms with Gasteiger partial charge in [0.25, 0.3) is 0 Å². The predicted molar refractivity (Wildman–Crippen MR) is 82.0 cm³/mol. The first kappa shape index (κ1) is 13.4. The average molecular weight is 273 g/mol. The molecule has 2 aliphatic rings. The summed E-state index contributed by atoms with van der Waals surface area (Å²) in [6.45, 7) is 2.11. The molecule has 4 heteroatoms. The van der Waals surface area contributed by atoms with E-state index in [1.807, 2.05) is 38.4 Å². The van der Waals surface area contributed by atoms with Crippen molar-refractivity contribution < 1.29 is 4.79 Å². The normalized spacial score (nSPS) is 23.4. The van der Waals surface area contributed by atoms with Crippen molar-refractivity contribution in [2.24, 2.45) is 11.3 Å². The van der Waals surface area contributed by atoms with E-state index in [0.717, 1.165) is 43.7 Å². The molecule has 20 heavy (non-hydrogen) atoms. The van der Waals surface area contributed by atoms with Gasteiger partial charge in [-0.1, -0.05) is 0 Å². The van der Waals surface area contributed by atoms with Crippen LogP contribution in [0.2, 0.25) is 0 Å². The van der Waals surface area contributed by atoms with Gasteiger partial charge in [0, 0.05) is 31.4 Å². The number of benzene rings is 1. The molecule has 3 rings (SSSR count). The van der Waals surface area contributed by atoms with Crippen molar-refractivity contribution in [1.29, 1.82) is 0 Å². The smallest absolute Gasteiger partial charge is 0.228 e. The lowest BCUT2D eigenvalue weighted by atomic mass is 9.92. The Balaban J connectivity index is 1.59. The second-order valence-electron chi connectivity index (χ2n) is 6.30. The number of carbonyl (C=O) groups is 1. The number of anilines is 2. The molecule has 108 valence electrons. The van der Waals surface area contributed by atoms with Gasteiger partial charge in [-0.05, 0) is 62.0 Å². The summed E-state index contributed by atoms with van der Waals surface area (Å²) in [5.74, 6) is 0.419. The van der Waals surface area contributed by atoms with Crippen LogP contribution in [0, 0.1) is 11.3 Å². The quantitative estimate of drug-likeness (QED) is 0.886. The molecule has 1 aromatic rings. The Morgan fingerprint density at radius 2 is 1.90 bits per heavy atom. The number of hydrogen-bond donors (Lipinski definition) is 2. The Hall–Kier alpha value is -1.55. The molecule has 1 saturated heterocycles. The molecule has 0 radical (unpaired) electrons. The molecule has 0 aromatic heterocycles. The van der Waals surface area contributed by atoms with E-state index in [0.29, 0.717) is 5.41 Å². The highest BCUT2D eigenvalue weighted by atomic mass is 16.2. The summed E-state index contributed by atoms with van der Waals surface area (Å²) in [6, 6.07) is 8.01. The topological polar surface area (TPSA) is 44.4 Å². The van der Waals surface area contributed by atoms with Crippen molar-refractivity contribution in [2.75, 3.05) is 37.4 Å². The van der Waals surface area contributed by atoms with Gasteiger partial charge in [-0.25, -0.2) is 0 Å². The van der Waals surface area contributed by atoms with Crippen molar-refractivity contribution in [2.45, 2.75) is 19.3 Å². The van der Waals surface area contributed by atoms with Gasteiger partial charge in [-0.2, -0.15) is 0 Å². The van der Waals surface area contributed by atoms with E-state index in [4.69, 9.17) is 0 Å². The average Bonchev–Trinajstić information content (AvgIpc) is 3.14. The van der Waals surface area contributed by atoms with E-state index in [2.05, 4.69) is 15.5 Å². The number of rotatable bonds is 3. The fourth-order valence-electron chi connectivity index (χ4n) is 3.27. The third-order valence-electron chi connectivity index (χ3n) is 4.76. The fourth-order valence-corrected chi connectivity index (χ4v) is 3.27. The predicted octanol–water partition coefficient (Wildman–Crippen LogP) is 2.08. The second-order valence-corrected chi connectivity index (χ2v) is 6.30. The van der Waals surface area contributed by atoms with Crippen molar-refractivity contribution in [3.63, 3.8) is 0 Å². The zero-order valence-electron chi connectivity index (χ0n) is 12.3. The number of nitrogens with one attached hydrogen (secondary N) is 2. The molecular weight excluding hydrogens is 250 g/mol. The maximum Gasteiger partial charge on any atom is 0.228 e. The minimum absolute atomic E-state index is 0.199. The highest BCUT2D eigenvalue weighted by Crippen LogP contribution is 2.58. The minimum atomic E-state index is 0.199. The third-order valence-corrected chi connectivity index (χ3v) is 4.76. The summed E-state index contributed by atoms with van der Waals surface area (Å²) in [4.78, 5) is 14.4. The SMILES string of the molecule is CN(C)c1ccc(NC(=O)C2CC23CCNCC3)cc1. The van der Waals surface area contributed by atoms with Gasteiger partial charge < -0.3 is 15.5 Å². The first-order valence-electron chi connectivity index (χ1n) is 7.40. The van der Waals surface area contributed by atoms with Crippen LogP contribution < -0.4 is 15.5 Å². The van der Waals surface area contributed by atoms with Gasteiger partial charge in [0.2, 0.25) is 5.91 Å².